The molecule has 0 saturated carbocycles. The fraction of sp³-hybridized carbons (Fsp3) is 0.333. The molecule has 1 aromatic carbocycles. The van der Waals surface area contributed by atoms with Crippen LogP contribution in [-0.2, 0) is 6.42 Å². The molecule has 0 fully saturated rings. The molecule has 2 heterocycles. The molecule has 0 bridgehead atoms. The Hall–Kier alpha value is -1.72. The highest BCUT2D eigenvalue weighted by molar-refractivity contribution is 7.17. The van der Waals surface area contributed by atoms with E-state index >= 15 is 0 Å². The van der Waals surface area contributed by atoms with E-state index in [4.69, 9.17) is 4.42 Å². The van der Waals surface area contributed by atoms with Gasteiger partial charge in [-0.2, -0.15) is 0 Å². The molecule has 3 aromatic rings. The van der Waals surface area contributed by atoms with Crippen molar-refractivity contribution in [3.05, 3.63) is 35.5 Å². The zero-order valence-corrected chi connectivity index (χ0v) is 12.4. The third kappa shape index (κ3) is 2.73. The Morgan fingerprint density at radius 1 is 1.25 bits per heavy atom. The summed E-state index contributed by atoms with van der Waals surface area (Å²) in [6, 6.07) is 8.73. The summed E-state index contributed by atoms with van der Waals surface area (Å²) < 4.78 is 7.00. The molecule has 2 aromatic heterocycles. The Kier molecular flexibility index (Phi) is 3.80. The zero-order chi connectivity index (χ0) is 13.9. The maximum Gasteiger partial charge on any atom is 0.249 e. The molecular formula is C15H17N3OS. The summed E-state index contributed by atoms with van der Waals surface area (Å²) in [5.74, 6) is 1.30. The predicted octanol–water partition coefficient (Wildman–Crippen LogP) is 3.49. The second-order valence-corrected chi connectivity index (χ2v) is 5.92. The van der Waals surface area contributed by atoms with Crippen LogP contribution < -0.4 is 5.32 Å². The third-order valence-corrected chi connectivity index (χ3v) is 4.03. The van der Waals surface area contributed by atoms with E-state index in [0.717, 1.165) is 18.5 Å². The number of hydrogen-bond acceptors (Lipinski definition) is 5. The highest BCUT2D eigenvalue weighted by atomic mass is 32.1. The van der Waals surface area contributed by atoms with Gasteiger partial charge in [-0.3, -0.25) is 0 Å². The maximum atomic E-state index is 5.76. The van der Waals surface area contributed by atoms with E-state index in [0.29, 0.717) is 17.8 Å². The highest BCUT2D eigenvalue weighted by Gasteiger charge is 2.13. The van der Waals surface area contributed by atoms with Crippen LogP contribution >= 0.6 is 11.3 Å². The van der Waals surface area contributed by atoms with Crippen LogP contribution in [0.3, 0.4) is 0 Å². The first-order valence-electron chi connectivity index (χ1n) is 6.76. The van der Waals surface area contributed by atoms with Gasteiger partial charge in [0.1, 0.15) is 0 Å². The minimum absolute atomic E-state index is 0.471. The van der Waals surface area contributed by atoms with E-state index in [1.54, 1.807) is 11.3 Å². The lowest BCUT2D eigenvalue weighted by atomic mass is 10.2. The summed E-state index contributed by atoms with van der Waals surface area (Å²) in [6.45, 7) is 5.09. The van der Waals surface area contributed by atoms with Crippen molar-refractivity contribution in [1.29, 1.82) is 0 Å². The first-order valence-corrected chi connectivity index (χ1v) is 7.64. The number of thiophene rings is 1. The lowest BCUT2D eigenvalue weighted by molar-refractivity contribution is 0.485. The van der Waals surface area contributed by atoms with Crippen LogP contribution in [0.2, 0.25) is 0 Å². The van der Waals surface area contributed by atoms with Crippen molar-refractivity contribution in [1.82, 2.24) is 15.5 Å². The first kappa shape index (κ1) is 13.3. The van der Waals surface area contributed by atoms with Crippen LogP contribution in [0.25, 0.3) is 21.5 Å². The Bertz CT molecular complexity index is 702. The summed E-state index contributed by atoms with van der Waals surface area (Å²) in [7, 11) is 0. The van der Waals surface area contributed by atoms with E-state index in [2.05, 4.69) is 46.9 Å². The van der Waals surface area contributed by atoms with Gasteiger partial charge < -0.3 is 9.73 Å². The van der Waals surface area contributed by atoms with E-state index in [9.17, 15) is 0 Å². The number of rotatable bonds is 5. The summed E-state index contributed by atoms with van der Waals surface area (Å²) in [5, 5.41) is 14.9. The number of benzene rings is 1. The van der Waals surface area contributed by atoms with Crippen LogP contribution in [0.15, 0.2) is 34.1 Å². The van der Waals surface area contributed by atoms with E-state index in [-0.39, 0.29) is 0 Å². The van der Waals surface area contributed by atoms with Crippen LogP contribution in [0.5, 0.6) is 0 Å². The minimum Gasteiger partial charge on any atom is -0.421 e. The number of aromatic nitrogens is 2. The third-order valence-electron chi connectivity index (χ3n) is 3.07. The van der Waals surface area contributed by atoms with Crippen molar-refractivity contribution < 1.29 is 4.42 Å². The van der Waals surface area contributed by atoms with Gasteiger partial charge in [-0.25, -0.2) is 0 Å². The lowest BCUT2D eigenvalue weighted by Crippen LogP contribution is -2.25. The minimum atomic E-state index is 0.471. The topological polar surface area (TPSA) is 51.0 Å². The van der Waals surface area contributed by atoms with Gasteiger partial charge in [-0.05, 0) is 6.07 Å². The molecule has 5 heteroatoms. The predicted molar refractivity (Wildman–Crippen MR) is 82.0 cm³/mol. The molecule has 3 rings (SSSR count). The van der Waals surface area contributed by atoms with Gasteiger partial charge >= 0.3 is 0 Å². The summed E-state index contributed by atoms with van der Waals surface area (Å²) in [4.78, 5) is 0. The van der Waals surface area contributed by atoms with Gasteiger partial charge in [-0.1, -0.05) is 32.0 Å². The number of nitrogens with one attached hydrogen (secondary N) is 1. The van der Waals surface area contributed by atoms with Gasteiger partial charge in [0.15, 0.2) is 0 Å². The number of fused-ring (bicyclic) bond motifs is 1. The van der Waals surface area contributed by atoms with Gasteiger partial charge in [-0.15, -0.1) is 21.5 Å². The van der Waals surface area contributed by atoms with Crippen molar-refractivity contribution in [2.45, 2.75) is 26.3 Å². The molecule has 0 atom stereocenters. The van der Waals surface area contributed by atoms with Crippen molar-refractivity contribution in [2.24, 2.45) is 0 Å². The standard InChI is InChI=1S/C15H17N3OS/c1-10(2)16-8-7-14-17-18-15(19-14)12-9-20-13-6-4-3-5-11(12)13/h3-6,9-10,16H,7-8H2,1-2H3. The van der Waals surface area contributed by atoms with Crippen LogP contribution in [0, 0.1) is 0 Å². The molecule has 0 aliphatic heterocycles. The van der Waals surface area contributed by atoms with Gasteiger partial charge in [0, 0.05) is 34.5 Å². The van der Waals surface area contributed by atoms with E-state index in [1.807, 2.05) is 12.1 Å². The van der Waals surface area contributed by atoms with Crippen molar-refractivity contribution in [2.75, 3.05) is 6.54 Å². The normalized spacial score (nSPS) is 11.6. The maximum absolute atomic E-state index is 5.76. The fourth-order valence-electron chi connectivity index (χ4n) is 2.07. The molecule has 4 nitrogen and oxygen atoms in total. The van der Waals surface area contributed by atoms with Crippen LogP contribution in [-0.4, -0.2) is 22.8 Å². The summed E-state index contributed by atoms with van der Waals surface area (Å²) in [5.41, 5.74) is 1.03. The smallest absolute Gasteiger partial charge is 0.249 e. The Morgan fingerprint density at radius 2 is 2.10 bits per heavy atom. The molecule has 0 spiro atoms. The molecule has 0 amide bonds. The second-order valence-electron chi connectivity index (χ2n) is 5.01. The van der Waals surface area contributed by atoms with Crippen molar-refractivity contribution in [3.63, 3.8) is 0 Å². The number of nitrogens with zero attached hydrogens (tertiary/aromatic N) is 2. The van der Waals surface area contributed by atoms with E-state index < -0.39 is 0 Å². The zero-order valence-electron chi connectivity index (χ0n) is 11.6. The lowest BCUT2D eigenvalue weighted by Gasteiger charge is -2.04. The molecule has 104 valence electrons. The first-order chi connectivity index (χ1) is 9.74. The monoisotopic (exact) mass is 287 g/mol. The quantitative estimate of drug-likeness (QED) is 0.780. The molecule has 0 unspecified atom stereocenters. The fourth-order valence-corrected chi connectivity index (χ4v) is 3.01. The molecule has 1 N–H and O–H groups in total. The number of hydrogen-bond donors (Lipinski definition) is 1. The average molecular weight is 287 g/mol. The van der Waals surface area contributed by atoms with Gasteiger partial charge in [0.25, 0.3) is 0 Å². The molecule has 0 radical (unpaired) electrons. The highest BCUT2D eigenvalue weighted by Crippen LogP contribution is 2.32. The molecule has 0 aliphatic carbocycles. The van der Waals surface area contributed by atoms with Gasteiger partial charge in [0.05, 0.1) is 5.56 Å². The average Bonchev–Trinajstić information content (AvgIpc) is 3.04. The molecule has 20 heavy (non-hydrogen) atoms. The summed E-state index contributed by atoms with van der Waals surface area (Å²) >= 11 is 1.70. The largest absolute Gasteiger partial charge is 0.421 e. The molecule has 0 saturated heterocycles. The van der Waals surface area contributed by atoms with Gasteiger partial charge in [0.2, 0.25) is 11.8 Å². The Labute approximate surface area is 121 Å². The summed E-state index contributed by atoms with van der Waals surface area (Å²) in [6.07, 6.45) is 0.757. The van der Waals surface area contributed by atoms with Crippen molar-refractivity contribution in [3.8, 4) is 11.5 Å². The van der Waals surface area contributed by atoms with Crippen LogP contribution in [0.4, 0.5) is 0 Å². The Balaban J connectivity index is 1.79. The van der Waals surface area contributed by atoms with Crippen LogP contribution in [0.1, 0.15) is 19.7 Å². The Morgan fingerprint density at radius 3 is 2.95 bits per heavy atom. The molecular weight excluding hydrogens is 270 g/mol. The molecule has 0 aliphatic rings. The van der Waals surface area contributed by atoms with E-state index in [1.165, 1.54) is 10.1 Å². The van der Waals surface area contributed by atoms with Crippen molar-refractivity contribution >= 4 is 21.4 Å². The second kappa shape index (κ2) is 5.73. The SMILES string of the molecule is CC(C)NCCc1nnc(-c2csc3ccccc23)o1.